The standard InChI is InChI=1S/C21H22N2O4/c1-5-13-6-7-18-17(8-13)19(12-20(23-18)21(24)27-4)22-14-9-15(25-2)11-16(10-14)26-3/h6-12H,5H2,1-4H3,(H,22,23). The van der Waals surface area contributed by atoms with Gasteiger partial charge in [0.1, 0.15) is 11.5 Å². The Balaban J connectivity index is 2.14. The molecule has 0 saturated carbocycles. The molecule has 1 N–H and O–H groups in total. The molecule has 27 heavy (non-hydrogen) atoms. The van der Waals surface area contributed by atoms with Gasteiger partial charge in [-0.15, -0.1) is 0 Å². The molecule has 6 nitrogen and oxygen atoms in total. The maximum Gasteiger partial charge on any atom is 0.356 e. The number of aryl methyl sites for hydroxylation is 1. The number of pyridine rings is 1. The SMILES string of the molecule is CCc1ccc2nc(C(=O)OC)cc(Nc3cc(OC)cc(OC)c3)c2c1. The van der Waals surface area contributed by atoms with Crippen molar-refractivity contribution in [1.29, 1.82) is 0 Å². The summed E-state index contributed by atoms with van der Waals surface area (Å²) in [5.41, 5.74) is 3.67. The van der Waals surface area contributed by atoms with Gasteiger partial charge in [0.25, 0.3) is 0 Å². The van der Waals surface area contributed by atoms with Crippen LogP contribution in [0.3, 0.4) is 0 Å². The fourth-order valence-electron chi connectivity index (χ4n) is 2.84. The molecule has 0 spiro atoms. The Morgan fingerprint density at radius 1 is 1.00 bits per heavy atom. The van der Waals surface area contributed by atoms with E-state index < -0.39 is 5.97 Å². The van der Waals surface area contributed by atoms with E-state index in [0.29, 0.717) is 17.0 Å². The van der Waals surface area contributed by atoms with E-state index in [9.17, 15) is 4.79 Å². The smallest absolute Gasteiger partial charge is 0.356 e. The van der Waals surface area contributed by atoms with Crippen LogP contribution < -0.4 is 14.8 Å². The van der Waals surface area contributed by atoms with Gasteiger partial charge in [0.2, 0.25) is 0 Å². The molecule has 0 bridgehead atoms. The molecule has 0 fully saturated rings. The number of carbonyl (C=O) groups excluding carboxylic acids is 1. The lowest BCUT2D eigenvalue weighted by atomic mass is 10.1. The van der Waals surface area contributed by atoms with Crippen molar-refractivity contribution in [2.75, 3.05) is 26.6 Å². The summed E-state index contributed by atoms with van der Waals surface area (Å²) in [6.07, 6.45) is 0.904. The summed E-state index contributed by atoms with van der Waals surface area (Å²) in [4.78, 5) is 16.5. The maximum absolute atomic E-state index is 12.0. The van der Waals surface area contributed by atoms with Crippen LogP contribution in [0.1, 0.15) is 23.0 Å². The van der Waals surface area contributed by atoms with Crippen molar-refractivity contribution in [3.8, 4) is 11.5 Å². The quantitative estimate of drug-likeness (QED) is 0.654. The second kappa shape index (κ2) is 7.95. The largest absolute Gasteiger partial charge is 0.497 e. The Morgan fingerprint density at radius 3 is 2.30 bits per heavy atom. The van der Waals surface area contributed by atoms with Crippen LogP contribution in [0.4, 0.5) is 11.4 Å². The van der Waals surface area contributed by atoms with Crippen molar-refractivity contribution in [3.63, 3.8) is 0 Å². The minimum Gasteiger partial charge on any atom is -0.497 e. The number of anilines is 2. The topological polar surface area (TPSA) is 69.7 Å². The molecule has 3 aromatic rings. The number of rotatable bonds is 6. The molecule has 1 aromatic heterocycles. The Hall–Kier alpha value is -3.28. The van der Waals surface area contributed by atoms with E-state index >= 15 is 0 Å². The van der Waals surface area contributed by atoms with Crippen LogP contribution in [0.25, 0.3) is 10.9 Å². The zero-order chi connectivity index (χ0) is 19.4. The lowest BCUT2D eigenvalue weighted by Gasteiger charge is -2.14. The lowest BCUT2D eigenvalue weighted by Crippen LogP contribution is -2.06. The highest BCUT2D eigenvalue weighted by molar-refractivity contribution is 5.99. The third-order valence-electron chi connectivity index (χ3n) is 4.31. The third-order valence-corrected chi connectivity index (χ3v) is 4.31. The van der Waals surface area contributed by atoms with E-state index in [4.69, 9.17) is 14.2 Å². The summed E-state index contributed by atoms with van der Waals surface area (Å²) in [6.45, 7) is 2.09. The predicted octanol–water partition coefficient (Wildman–Crippen LogP) is 4.34. The van der Waals surface area contributed by atoms with Crippen molar-refractivity contribution in [2.24, 2.45) is 0 Å². The van der Waals surface area contributed by atoms with E-state index in [0.717, 1.165) is 23.2 Å². The average molecular weight is 366 g/mol. The summed E-state index contributed by atoms with van der Waals surface area (Å²) in [5.74, 6) is 0.845. The number of nitrogens with zero attached hydrogens (tertiary/aromatic N) is 1. The predicted molar refractivity (Wildman–Crippen MR) is 105 cm³/mol. The fraction of sp³-hybridized carbons (Fsp3) is 0.238. The number of carbonyl (C=O) groups is 1. The fourth-order valence-corrected chi connectivity index (χ4v) is 2.84. The Kier molecular flexibility index (Phi) is 5.45. The van der Waals surface area contributed by atoms with Gasteiger partial charge in [-0.05, 0) is 30.2 Å². The number of aromatic nitrogens is 1. The number of hydrogen-bond donors (Lipinski definition) is 1. The third kappa shape index (κ3) is 3.95. The second-order valence-corrected chi connectivity index (χ2v) is 5.98. The molecule has 140 valence electrons. The van der Waals surface area contributed by atoms with Crippen molar-refractivity contribution < 1.29 is 19.0 Å². The van der Waals surface area contributed by atoms with E-state index in [1.54, 1.807) is 26.4 Å². The van der Waals surface area contributed by atoms with Gasteiger partial charge in [-0.3, -0.25) is 0 Å². The molecule has 0 radical (unpaired) electrons. The maximum atomic E-state index is 12.0. The van der Waals surface area contributed by atoms with Gasteiger partial charge in [-0.25, -0.2) is 9.78 Å². The molecule has 6 heteroatoms. The first-order valence-electron chi connectivity index (χ1n) is 8.60. The summed E-state index contributed by atoms with van der Waals surface area (Å²) < 4.78 is 15.5. The first-order chi connectivity index (χ1) is 13.1. The minimum absolute atomic E-state index is 0.242. The summed E-state index contributed by atoms with van der Waals surface area (Å²) in [6, 6.07) is 13.2. The molecule has 0 aliphatic heterocycles. The molecule has 0 unspecified atom stereocenters. The van der Waals surface area contributed by atoms with Crippen LogP contribution in [0.15, 0.2) is 42.5 Å². The molecule has 0 aliphatic rings. The molecule has 0 saturated heterocycles. The highest BCUT2D eigenvalue weighted by Gasteiger charge is 2.14. The first kappa shape index (κ1) is 18.5. The summed E-state index contributed by atoms with van der Waals surface area (Å²) in [7, 11) is 4.54. The van der Waals surface area contributed by atoms with Crippen molar-refractivity contribution in [3.05, 3.63) is 53.7 Å². The molecule has 3 rings (SSSR count). The van der Waals surface area contributed by atoms with Crippen LogP contribution in [0, 0.1) is 0 Å². The van der Waals surface area contributed by atoms with Gasteiger partial charge in [0.15, 0.2) is 5.69 Å². The number of ether oxygens (including phenoxy) is 3. The van der Waals surface area contributed by atoms with E-state index in [-0.39, 0.29) is 5.69 Å². The minimum atomic E-state index is -0.484. The second-order valence-electron chi connectivity index (χ2n) is 5.98. The van der Waals surface area contributed by atoms with Crippen molar-refractivity contribution in [2.45, 2.75) is 13.3 Å². The molecule has 0 aliphatic carbocycles. The normalized spacial score (nSPS) is 10.5. The Bertz CT molecular complexity index is 963. The molecule has 2 aromatic carbocycles. The van der Waals surface area contributed by atoms with E-state index in [1.165, 1.54) is 12.7 Å². The summed E-state index contributed by atoms with van der Waals surface area (Å²) >= 11 is 0. The van der Waals surface area contributed by atoms with Gasteiger partial charge < -0.3 is 19.5 Å². The molecular weight excluding hydrogens is 344 g/mol. The van der Waals surface area contributed by atoms with Crippen LogP contribution in [0.2, 0.25) is 0 Å². The lowest BCUT2D eigenvalue weighted by molar-refractivity contribution is 0.0594. The Labute approximate surface area is 158 Å². The van der Waals surface area contributed by atoms with Crippen LogP contribution in [-0.2, 0) is 11.2 Å². The average Bonchev–Trinajstić information content (AvgIpc) is 2.72. The first-order valence-corrected chi connectivity index (χ1v) is 8.60. The van der Waals surface area contributed by atoms with Crippen LogP contribution >= 0.6 is 0 Å². The number of benzene rings is 2. The monoisotopic (exact) mass is 366 g/mol. The number of esters is 1. The molecule has 0 atom stereocenters. The molecule has 1 heterocycles. The number of methoxy groups -OCH3 is 3. The van der Waals surface area contributed by atoms with Crippen molar-refractivity contribution >= 4 is 28.2 Å². The molecule has 0 amide bonds. The number of fused-ring (bicyclic) bond motifs is 1. The number of nitrogens with one attached hydrogen (secondary N) is 1. The van der Waals surface area contributed by atoms with Crippen LogP contribution in [0.5, 0.6) is 11.5 Å². The summed E-state index contributed by atoms with van der Waals surface area (Å²) in [5, 5.41) is 4.28. The van der Waals surface area contributed by atoms with Gasteiger partial charge in [-0.2, -0.15) is 0 Å². The Morgan fingerprint density at radius 2 is 1.70 bits per heavy atom. The van der Waals surface area contributed by atoms with Gasteiger partial charge in [-0.1, -0.05) is 13.0 Å². The van der Waals surface area contributed by atoms with E-state index in [2.05, 4.69) is 23.3 Å². The highest BCUT2D eigenvalue weighted by atomic mass is 16.5. The van der Waals surface area contributed by atoms with Crippen LogP contribution in [-0.4, -0.2) is 32.3 Å². The number of hydrogen-bond acceptors (Lipinski definition) is 6. The van der Waals surface area contributed by atoms with Gasteiger partial charge in [0, 0.05) is 29.3 Å². The molecular formula is C21H22N2O4. The highest BCUT2D eigenvalue weighted by Crippen LogP contribution is 2.32. The van der Waals surface area contributed by atoms with E-state index in [1.807, 2.05) is 24.3 Å². The van der Waals surface area contributed by atoms with Crippen molar-refractivity contribution in [1.82, 2.24) is 4.98 Å². The zero-order valence-corrected chi connectivity index (χ0v) is 15.8. The zero-order valence-electron chi connectivity index (χ0n) is 15.8. The van der Waals surface area contributed by atoms with Gasteiger partial charge in [0.05, 0.1) is 32.5 Å². The van der Waals surface area contributed by atoms with Gasteiger partial charge >= 0.3 is 5.97 Å².